The Balaban J connectivity index is 1.86. The van der Waals surface area contributed by atoms with Gasteiger partial charge in [-0.15, -0.1) is 0 Å². The van der Waals surface area contributed by atoms with Gasteiger partial charge < -0.3 is 15.6 Å². The van der Waals surface area contributed by atoms with E-state index < -0.39 is 12.1 Å². The third-order valence-corrected chi connectivity index (χ3v) is 7.07. The summed E-state index contributed by atoms with van der Waals surface area (Å²) >= 11 is 0. The van der Waals surface area contributed by atoms with Crippen LogP contribution in [0.25, 0.3) is 10.9 Å². The Bertz CT molecular complexity index is 837. The first kappa shape index (κ1) is 23.3. The molecule has 2 rings (SSSR count). The molecule has 0 bridgehead atoms. The van der Waals surface area contributed by atoms with E-state index in [4.69, 9.17) is 0 Å². The fraction of sp³-hybridized carbons (Fsp3) is 0.476. The topological polar surface area (TPSA) is 91.1 Å². The molecule has 6 nitrogen and oxygen atoms in total. The zero-order valence-electron chi connectivity index (χ0n) is 17.1. The number of Topliss-reactive ketones (excluding diaryl/α,β-unsaturated/α-hetero) is 1. The third kappa shape index (κ3) is 7.44. The zero-order valence-corrected chi connectivity index (χ0v) is 18.8. The number of ketones is 1. The van der Waals surface area contributed by atoms with Crippen LogP contribution in [-0.2, 0) is 20.8 Å². The van der Waals surface area contributed by atoms with Gasteiger partial charge in [-0.25, -0.2) is 0 Å². The molecular weight excluding hydrogens is 406 g/mol. The van der Waals surface area contributed by atoms with Gasteiger partial charge in [-0.3, -0.25) is 14.4 Å². The largest absolute Gasteiger partial charge is 0.361 e. The van der Waals surface area contributed by atoms with Crippen molar-refractivity contribution in [1.29, 1.82) is 0 Å². The summed E-state index contributed by atoms with van der Waals surface area (Å²) in [5.41, 5.74) is 1.96. The van der Waals surface area contributed by atoms with E-state index in [1.165, 1.54) is 6.92 Å². The molecule has 2 atom stereocenters. The Morgan fingerprint density at radius 3 is 2.55 bits per heavy atom. The fourth-order valence-corrected chi connectivity index (χ4v) is 4.96. The molecule has 1 heterocycles. The van der Waals surface area contributed by atoms with Crippen molar-refractivity contribution in [3.63, 3.8) is 0 Å². The molecule has 29 heavy (non-hydrogen) atoms. The van der Waals surface area contributed by atoms with Gasteiger partial charge in [0.25, 0.3) is 0 Å². The maximum Gasteiger partial charge on any atom is 0.242 e. The molecule has 3 N–H and O–H groups in total. The van der Waals surface area contributed by atoms with Crippen molar-refractivity contribution in [2.24, 2.45) is 0 Å². The predicted octanol–water partition coefficient (Wildman–Crippen LogP) is 3.47. The van der Waals surface area contributed by atoms with Gasteiger partial charge in [-0.2, -0.15) is 0 Å². The molecule has 0 unspecified atom stereocenters. The highest BCUT2D eigenvalue weighted by atomic mass is 33.1. The number of H-pyrrole nitrogens is 1. The summed E-state index contributed by atoms with van der Waals surface area (Å²) in [6.45, 7) is 5.22. The summed E-state index contributed by atoms with van der Waals surface area (Å²) in [5, 5.41) is 6.53. The second-order valence-electron chi connectivity index (χ2n) is 6.92. The number of carbonyl (C=O) groups excluding carboxylic acids is 3. The molecule has 0 aliphatic heterocycles. The van der Waals surface area contributed by atoms with Gasteiger partial charge in [0.1, 0.15) is 6.04 Å². The molecule has 0 spiro atoms. The lowest BCUT2D eigenvalue weighted by molar-refractivity contribution is -0.130. The van der Waals surface area contributed by atoms with Gasteiger partial charge in [0.2, 0.25) is 11.8 Å². The molecule has 0 aliphatic rings. The SMILES string of the molecule is CCCSSCCC(=O)N[C@@H](C)C(=O)N[C@@H](Cc1c[nH]c2ccccc12)C(C)=O. The van der Waals surface area contributed by atoms with E-state index in [0.717, 1.165) is 28.6 Å². The van der Waals surface area contributed by atoms with Crippen LogP contribution in [0.3, 0.4) is 0 Å². The molecule has 0 fully saturated rings. The highest BCUT2D eigenvalue weighted by Gasteiger charge is 2.23. The predicted molar refractivity (Wildman–Crippen MR) is 122 cm³/mol. The number of hydrogen-bond donors (Lipinski definition) is 3. The maximum atomic E-state index is 12.5. The molecule has 2 aromatic rings. The number of nitrogens with one attached hydrogen (secondary N) is 3. The molecular formula is C21H29N3O3S2. The van der Waals surface area contributed by atoms with E-state index in [-0.39, 0.29) is 17.6 Å². The number of benzene rings is 1. The molecule has 0 saturated heterocycles. The average Bonchev–Trinajstić information content (AvgIpc) is 3.10. The van der Waals surface area contributed by atoms with Crippen molar-refractivity contribution in [3.05, 3.63) is 36.0 Å². The number of aromatic amines is 1. The normalized spacial score (nSPS) is 13.1. The summed E-state index contributed by atoms with van der Waals surface area (Å²) in [4.78, 5) is 39.8. The Labute approximate surface area is 179 Å². The molecule has 0 radical (unpaired) electrons. The lowest BCUT2D eigenvalue weighted by atomic mass is 10.0. The van der Waals surface area contributed by atoms with E-state index in [1.807, 2.05) is 30.5 Å². The van der Waals surface area contributed by atoms with Crippen molar-refractivity contribution >= 4 is 50.1 Å². The number of rotatable bonds is 12. The molecule has 0 aliphatic carbocycles. The van der Waals surface area contributed by atoms with Crippen LogP contribution in [0.15, 0.2) is 30.5 Å². The minimum atomic E-state index is -0.694. The lowest BCUT2D eigenvalue weighted by Gasteiger charge is -2.19. The van der Waals surface area contributed by atoms with Gasteiger partial charge in [0, 0.05) is 41.4 Å². The smallest absolute Gasteiger partial charge is 0.242 e. The second-order valence-corrected chi connectivity index (χ2v) is 9.62. The minimum absolute atomic E-state index is 0.119. The zero-order chi connectivity index (χ0) is 21.2. The van der Waals surface area contributed by atoms with Gasteiger partial charge in [-0.1, -0.05) is 46.7 Å². The number of amides is 2. The van der Waals surface area contributed by atoms with Crippen molar-refractivity contribution in [2.45, 2.75) is 52.1 Å². The van der Waals surface area contributed by atoms with Gasteiger partial charge in [0.15, 0.2) is 5.78 Å². The number of carbonyl (C=O) groups is 3. The molecule has 1 aromatic carbocycles. The summed E-state index contributed by atoms with van der Waals surface area (Å²) in [6, 6.07) is 6.51. The Kier molecular flexibility index (Phi) is 9.60. The van der Waals surface area contributed by atoms with Crippen LogP contribution in [0.1, 0.15) is 39.2 Å². The lowest BCUT2D eigenvalue weighted by Crippen LogP contribution is -2.50. The van der Waals surface area contributed by atoms with Crippen LogP contribution in [0.2, 0.25) is 0 Å². The van der Waals surface area contributed by atoms with Crippen molar-refractivity contribution in [2.75, 3.05) is 11.5 Å². The minimum Gasteiger partial charge on any atom is -0.361 e. The highest BCUT2D eigenvalue weighted by molar-refractivity contribution is 8.76. The molecule has 1 aromatic heterocycles. The quantitative estimate of drug-likeness (QED) is 0.351. The molecule has 2 amide bonds. The summed E-state index contributed by atoms with van der Waals surface area (Å²) in [5.74, 6) is 1.14. The average molecular weight is 436 g/mol. The van der Waals surface area contributed by atoms with E-state index in [1.54, 1.807) is 28.5 Å². The first-order valence-electron chi connectivity index (χ1n) is 9.82. The molecule has 8 heteroatoms. The van der Waals surface area contributed by atoms with Gasteiger partial charge in [-0.05, 0) is 31.9 Å². The van der Waals surface area contributed by atoms with Crippen LogP contribution < -0.4 is 10.6 Å². The van der Waals surface area contributed by atoms with Crippen LogP contribution in [-0.4, -0.2) is 46.2 Å². The Hall–Kier alpha value is -1.93. The summed E-state index contributed by atoms with van der Waals surface area (Å²) in [6.07, 6.45) is 3.74. The molecule has 0 saturated carbocycles. The first-order valence-corrected chi connectivity index (χ1v) is 12.3. The van der Waals surface area contributed by atoms with Gasteiger partial charge in [0.05, 0.1) is 6.04 Å². The van der Waals surface area contributed by atoms with Crippen molar-refractivity contribution in [3.8, 4) is 0 Å². The summed E-state index contributed by atoms with van der Waals surface area (Å²) < 4.78 is 0. The fourth-order valence-electron chi connectivity index (χ4n) is 2.83. The van der Waals surface area contributed by atoms with Crippen LogP contribution in [0.5, 0.6) is 0 Å². The van der Waals surface area contributed by atoms with Crippen LogP contribution in [0.4, 0.5) is 0 Å². The second kappa shape index (κ2) is 11.9. The Morgan fingerprint density at radius 2 is 1.83 bits per heavy atom. The number of fused-ring (bicyclic) bond motifs is 1. The molecule has 158 valence electrons. The number of para-hydroxylation sites is 1. The van der Waals surface area contributed by atoms with Crippen molar-refractivity contribution < 1.29 is 14.4 Å². The van der Waals surface area contributed by atoms with E-state index >= 15 is 0 Å². The number of aromatic nitrogens is 1. The standard InChI is InChI=1S/C21H29N3O3S2/c1-4-10-28-29-11-9-20(26)23-14(2)21(27)24-19(15(3)25)12-16-13-22-18-8-6-5-7-17(16)18/h5-8,13-14,19,22H,4,9-12H2,1-3H3,(H,23,26)(H,24,27)/t14-,19-/m0/s1. The van der Waals surface area contributed by atoms with Crippen LogP contribution >= 0.6 is 21.6 Å². The van der Waals surface area contributed by atoms with E-state index in [9.17, 15) is 14.4 Å². The monoisotopic (exact) mass is 435 g/mol. The summed E-state index contributed by atoms with van der Waals surface area (Å²) in [7, 11) is 3.42. The Morgan fingerprint density at radius 1 is 1.10 bits per heavy atom. The third-order valence-electron chi connectivity index (χ3n) is 4.46. The van der Waals surface area contributed by atoms with E-state index in [2.05, 4.69) is 22.5 Å². The van der Waals surface area contributed by atoms with E-state index in [0.29, 0.717) is 18.6 Å². The van der Waals surface area contributed by atoms with Crippen LogP contribution in [0, 0.1) is 0 Å². The first-order chi connectivity index (χ1) is 13.9. The maximum absolute atomic E-state index is 12.5. The number of hydrogen-bond acceptors (Lipinski definition) is 5. The van der Waals surface area contributed by atoms with Crippen molar-refractivity contribution in [1.82, 2.24) is 15.6 Å². The highest BCUT2D eigenvalue weighted by Crippen LogP contribution is 2.22. The van der Waals surface area contributed by atoms with Gasteiger partial charge >= 0.3 is 0 Å².